The molecule has 5 heteroatoms. The van der Waals surface area contributed by atoms with Crippen LogP contribution in [0.4, 0.5) is 5.69 Å². The second-order valence-electron chi connectivity index (χ2n) is 9.04. The normalized spacial score (nSPS) is 38.9. The number of hydrogen-bond acceptors (Lipinski definition) is 4. The summed E-state index contributed by atoms with van der Waals surface area (Å²) in [6.45, 7) is 5.08. The molecule has 2 aliphatic carbocycles. The molecule has 2 heterocycles. The van der Waals surface area contributed by atoms with Crippen LogP contribution >= 0.6 is 0 Å². The summed E-state index contributed by atoms with van der Waals surface area (Å²) in [5.41, 5.74) is 2.19. The first-order valence-corrected chi connectivity index (χ1v) is 10.4. The highest BCUT2D eigenvalue weighted by Gasteiger charge is 2.69. The first-order chi connectivity index (χ1) is 13.0. The van der Waals surface area contributed by atoms with Crippen LogP contribution in [-0.2, 0) is 10.2 Å². The number of methoxy groups -OCH3 is 1. The lowest BCUT2D eigenvalue weighted by atomic mass is 9.49. The number of carbonyl (C=O) groups is 1. The Labute approximate surface area is 161 Å². The topological polar surface area (TPSA) is 61.8 Å². The zero-order valence-electron chi connectivity index (χ0n) is 16.5. The summed E-state index contributed by atoms with van der Waals surface area (Å²) in [7, 11) is 1.57. The number of anilines is 1. The number of amides is 1. The largest absolute Gasteiger partial charge is 0.503 e. The fourth-order valence-corrected chi connectivity index (χ4v) is 7.56. The van der Waals surface area contributed by atoms with Gasteiger partial charge in [0.25, 0.3) is 0 Å². The number of carbonyl (C=O) groups excluding carboxylic acids is 1. The molecule has 2 N–H and O–H groups in total. The molecule has 0 radical (unpaired) electrons. The highest BCUT2D eigenvalue weighted by Crippen LogP contribution is 2.69. The Hall–Kier alpha value is -1.75. The Morgan fingerprint density at radius 2 is 2.15 bits per heavy atom. The van der Waals surface area contributed by atoms with Gasteiger partial charge in [0, 0.05) is 24.4 Å². The fourth-order valence-electron chi connectivity index (χ4n) is 7.56. The molecule has 1 saturated heterocycles. The highest BCUT2D eigenvalue weighted by atomic mass is 16.5. The molecule has 1 amide bonds. The summed E-state index contributed by atoms with van der Waals surface area (Å²) in [4.78, 5) is 14.7. The third kappa shape index (κ3) is 1.91. The van der Waals surface area contributed by atoms with E-state index in [0.29, 0.717) is 28.8 Å². The van der Waals surface area contributed by atoms with Gasteiger partial charge in [0.15, 0.2) is 11.5 Å². The van der Waals surface area contributed by atoms with Crippen molar-refractivity contribution in [1.82, 2.24) is 5.32 Å². The first-order valence-electron chi connectivity index (χ1n) is 10.4. The summed E-state index contributed by atoms with van der Waals surface area (Å²) >= 11 is 0. The minimum atomic E-state index is -0.0445. The highest BCUT2D eigenvalue weighted by molar-refractivity contribution is 5.98. The molecule has 0 aromatic heterocycles. The van der Waals surface area contributed by atoms with E-state index in [0.717, 1.165) is 25.8 Å². The van der Waals surface area contributed by atoms with Gasteiger partial charge >= 0.3 is 0 Å². The molecule has 1 aromatic rings. The van der Waals surface area contributed by atoms with Gasteiger partial charge in [-0.3, -0.25) is 4.79 Å². The van der Waals surface area contributed by atoms with E-state index in [-0.39, 0.29) is 23.1 Å². The monoisotopic (exact) mass is 370 g/mol. The van der Waals surface area contributed by atoms with E-state index in [1.54, 1.807) is 14.0 Å². The van der Waals surface area contributed by atoms with Crippen molar-refractivity contribution in [3.63, 3.8) is 0 Å². The van der Waals surface area contributed by atoms with Crippen LogP contribution in [0.5, 0.6) is 11.5 Å². The van der Waals surface area contributed by atoms with E-state index in [1.165, 1.54) is 24.8 Å². The van der Waals surface area contributed by atoms with Gasteiger partial charge < -0.3 is 20.1 Å². The van der Waals surface area contributed by atoms with Gasteiger partial charge in [0.1, 0.15) is 0 Å². The van der Waals surface area contributed by atoms with Crippen LogP contribution in [0.1, 0.15) is 57.9 Å². The molecule has 1 spiro atoms. The lowest BCUT2D eigenvalue weighted by Gasteiger charge is -2.58. The van der Waals surface area contributed by atoms with Crippen molar-refractivity contribution in [3.05, 3.63) is 17.7 Å². The summed E-state index contributed by atoms with van der Waals surface area (Å²) in [5, 5.41) is 14.8. The van der Waals surface area contributed by atoms with Crippen LogP contribution in [-0.4, -0.2) is 36.8 Å². The summed E-state index contributed by atoms with van der Waals surface area (Å²) in [5.74, 6) is 1.13. The summed E-state index contributed by atoms with van der Waals surface area (Å²) in [6.07, 6.45) is 6.85. The molecular formula is C22H30N2O3. The molecule has 1 aromatic carbocycles. The maximum Gasteiger partial charge on any atom is 0.224 e. The van der Waals surface area contributed by atoms with Crippen LogP contribution in [0.15, 0.2) is 12.1 Å². The number of ether oxygens (including phenoxy) is 1. The molecule has 2 aliphatic heterocycles. The maximum atomic E-state index is 12.8. The number of benzene rings is 1. The fraction of sp³-hybridized carbons (Fsp3) is 0.682. The molecule has 2 saturated carbocycles. The van der Waals surface area contributed by atoms with Crippen molar-refractivity contribution >= 4 is 11.6 Å². The maximum absolute atomic E-state index is 12.8. The van der Waals surface area contributed by atoms with Gasteiger partial charge in [-0.1, -0.05) is 19.4 Å². The van der Waals surface area contributed by atoms with Crippen LogP contribution in [0, 0.1) is 11.3 Å². The predicted molar refractivity (Wildman–Crippen MR) is 104 cm³/mol. The van der Waals surface area contributed by atoms with Gasteiger partial charge in [-0.25, -0.2) is 0 Å². The molecule has 5 nitrogen and oxygen atoms in total. The molecule has 4 aliphatic rings. The smallest absolute Gasteiger partial charge is 0.224 e. The number of phenols is 1. The Bertz CT molecular complexity index is 809. The van der Waals surface area contributed by atoms with Crippen molar-refractivity contribution in [2.45, 2.75) is 69.9 Å². The van der Waals surface area contributed by atoms with Crippen molar-refractivity contribution in [1.29, 1.82) is 0 Å². The van der Waals surface area contributed by atoms with E-state index in [2.05, 4.69) is 18.3 Å². The first kappa shape index (κ1) is 17.4. The number of fused-ring (bicyclic) bond motifs is 1. The third-order valence-electron chi connectivity index (χ3n) is 8.46. The predicted octanol–water partition coefficient (Wildman–Crippen LogP) is 3.34. The van der Waals surface area contributed by atoms with Crippen molar-refractivity contribution in [2.75, 3.05) is 18.6 Å². The van der Waals surface area contributed by atoms with Crippen molar-refractivity contribution in [2.24, 2.45) is 11.3 Å². The minimum Gasteiger partial charge on any atom is -0.503 e. The number of rotatable bonds is 2. The summed E-state index contributed by atoms with van der Waals surface area (Å²) < 4.78 is 5.38. The van der Waals surface area contributed by atoms with Crippen LogP contribution in [0.25, 0.3) is 0 Å². The van der Waals surface area contributed by atoms with E-state index in [4.69, 9.17) is 4.74 Å². The average molecular weight is 370 g/mol. The Kier molecular flexibility index (Phi) is 3.62. The van der Waals surface area contributed by atoms with Gasteiger partial charge in [-0.2, -0.15) is 0 Å². The van der Waals surface area contributed by atoms with Gasteiger partial charge in [0.2, 0.25) is 5.91 Å². The SMILES string of the molecule is CCC12CCNC3CCC4(c5ccc(OC)c(O)c5N(C(C)=O)C4CC1)C32. The molecule has 5 unspecified atom stereocenters. The Balaban J connectivity index is 1.77. The number of piperidine rings is 1. The molecule has 27 heavy (non-hydrogen) atoms. The lowest BCUT2D eigenvalue weighted by Crippen LogP contribution is -2.63. The van der Waals surface area contributed by atoms with Crippen molar-refractivity contribution in [3.8, 4) is 11.5 Å². The molecule has 5 rings (SSSR count). The van der Waals surface area contributed by atoms with Crippen molar-refractivity contribution < 1.29 is 14.6 Å². The minimum absolute atomic E-state index is 0.0258. The quantitative estimate of drug-likeness (QED) is 0.838. The average Bonchev–Trinajstić information content (AvgIpc) is 3.20. The van der Waals surface area contributed by atoms with E-state index in [1.807, 2.05) is 11.0 Å². The Morgan fingerprint density at radius 3 is 2.85 bits per heavy atom. The number of aromatic hydroxyl groups is 1. The molecule has 146 valence electrons. The van der Waals surface area contributed by atoms with Gasteiger partial charge in [-0.05, 0) is 61.6 Å². The second-order valence-corrected chi connectivity index (χ2v) is 9.04. The second kappa shape index (κ2) is 5.63. The third-order valence-corrected chi connectivity index (χ3v) is 8.46. The molecule has 3 fully saturated rings. The van der Waals surface area contributed by atoms with Crippen LogP contribution < -0.4 is 15.0 Å². The number of nitrogens with zero attached hydrogens (tertiary/aromatic N) is 1. The van der Waals surface area contributed by atoms with E-state index in [9.17, 15) is 9.90 Å². The van der Waals surface area contributed by atoms with E-state index >= 15 is 0 Å². The zero-order chi connectivity index (χ0) is 19.0. The number of phenolic OH excluding ortho intramolecular Hbond substituents is 1. The number of nitrogens with one attached hydrogen (secondary N) is 1. The molecular weight excluding hydrogens is 340 g/mol. The number of hydrogen-bond donors (Lipinski definition) is 2. The van der Waals surface area contributed by atoms with Gasteiger partial charge in [-0.15, -0.1) is 0 Å². The standard InChI is InChI=1S/C22H30N2O3/c1-4-21-9-8-17-22(10-7-15(20(21)22)23-12-11-21)14-5-6-16(27-3)19(26)18(14)24(17)13(2)25/h5-6,15,17,20,23,26H,4,7-12H2,1-3H3. The van der Waals surface area contributed by atoms with Gasteiger partial charge in [0.05, 0.1) is 12.8 Å². The molecule has 5 atom stereocenters. The molecule has 0 bridgehead atoms. The lowest BCUT2D eigenvalue weighted by molar-refractivity contribution is -0.118. The zero-order valence-corrected chi connectivity index (χ0v) is 16.5. The van der Waals surface area contributed by atoms with Crippen LogP contribution in [0.3, 0.4) is 0 Å². The Morgan fingerprint density at radius 1 is 1.33 bits per heavy atom. The van der Waals surface area contributed by atoms with E-state index < -0.39 is 0 Å². The van der Waals surface area contributed by atoms with Crippen LogP contribution in [0.2, 0.25) is 0 Å². The summed E-state index contributed by atoms with van der Waals surface area (Å²) in [6, 6.07) is 4.69.